The van der Waals surface area contributed by atoms with Crippen LogP contribution >= 0.6 is 0 Å². The molecule has 0 bridgehead atoms. The normalized spacial score (nSPS) is 13.1. The Hall–Kier alpha value is -6.45. The van der Waals surface area contributed by atoms with Crippen LogP contribution in [-0.4, -0.2) is 77.2 Å². The van der Waals surface area contributed by atoms with Gasteiger partial charge in [-0.3, -0.25) is 18.2 Å². The standard InChI is InChI=1S/C35H28N6O15S4/c1-55-29-15-19(38-40-21-13-25-23(33(17-21)59(49,50)51)5-3-7-31(25)57(43,44)45)9-11-27(29)36-35(42)37-28-12-10-20(16-30(28)56-2)39-41-22-14-26-24(34(18-22)60(52,53)54)6-4-8-32(26)58(46,47)48/h3-18H,1-2H3,(H2,36,37,42)(H,43,44,45)(H,46,47,48)(H,49,50,51)(H,52,53,54). The zero-order valence-electron chi connectivity index (χ0n) is 30.4. The summed E-state index contributed by atoms with van der Waals surface area (Å²) >= 11 is 0. The Morgan fingerprint density at radius 2 is 0.900 bits per heavy atom. The van der Waals surface area contributed by atoms with Crippen molar-refractivity contribution < 1.29 is 66.5 Å². The third-order valence-corrected chi connectivity index (χ3v) is 11.9. The molecule has 0 aromatic heterocycles. The molecule has 21 nitrogen and oxygen atoms in total. The minimum absolute atomic E-state index is 0.0721. The lowest BCUT2D eigenvalue weighted by Gasteiger charge is -2.11. The zero-order chi connectivity index (χ0) is 43.8. The second-order valence-corrected chi connectivity index (χ2v) is 17.8. The highest BCUT2D eigenvalue weighted by Gasteiger charge is 2.23. The number of azo groups is 2. The Kier molecular flexibility index (Phi) is 11.7. The van der Waals surface area contributed by atoms with Crippen LogP contribution in [0.15, 0.2) is 142 Å². The van der Waals surface area contributed by atoms with Gasteiger partial charge in [0.2, 0.25) is 0 Å². The number of methoxy groups -OCH3 is 2. The van der Waals surface area contributed by atoms with Gasteiger partial charge in [0.25, 0.3) is 46.5 Å². The number of nitrogens with one attached hydrogen (secondary N) is 1. The summed E-state index contributed by atoms with van der Waals surface area (Å²) in [5, 5.41) is 28.5. The molecule has 6 aromatic carbocycles. The summed E-state index contributed by atoms with van der Waals surface area (Å²) in [5.41, 5.74) is 0.111. The Labute approximate surface area is 340 Å². The maximum Gasteiger partial charge on any atom is 0.295 e. The molecular weight excluding hydrogens is 873 g/mol. The first-order chi connectivity index (χ1) is 28.1. The average molecular weight is 901 g/mol. The predicted octanol–water partition coefficient (Wildman–Crippen LogP) is 7.49. The Bertz CT molecular complexity index is 3290. The Balaban J connectivity index is 1.25. The van der Waals surface area contributed by atoms with Crippen LogP contribution in [0.5, 0.6) is 11.5 Å². The van der Waals surface area contributed by atoms with E-state index in [1.54, 1.807) is 0 Å². The molecule has 0 aliphatic heterocycles. The number of hydrogen-bond acceptors (Lipinski definition) is 15. The van der Waals surface area contributed by atoms with Crippen LogP contribution in [-0.2, 0) is 40.5 Å². The molecule has 0 radical (unpaired) electrons. The van der Waals surface area contributed by atoms with E-state index >= 15 is 0 Å². The van der Waals surface area contributed by atoms with E-state index < -0.39 is 66.1 Å². The van der Waals surface area contributed by atoms with Crippen LogP contribution in [0.4, 0.5) is 34.1 Å². The summed E-state index contributed by atoms with van der Waals surface area (Å²) in [4.78, 5) is 1.48. The molecule has 0 saturated heterocycles. The van der Waals surface area contributed by atoms with E-state index in [0.29, 0.717) is 0 Å². The van der Waals surface area contributed by atoms with Gasteiger partial charge in [0.1, 0.15) is 36.8 Å². The molecule has 0 aliphatic carbocycles. The van der Waals surface area contributed by atoms with Crippen LogP contribution in [0.3, 0.4) is 0 Å². The molecule has 0 saturated carbocycles. The highest BCUT2D eigenvalue weighted by atomic mass is 32.2. The van der Waals surface area contributed by atoms with Crippen molar-refractivity contribution in [2.45, 2.75) is 19.6 Å². The molecule has 0 aliphatic rings. The number of rotatable bonds is 12. The number of hydrogen-bond donors (Lipinski definition) is 6. The topological polar surface area (TPSA) is 330 Å². The first-order valence-electron chi connectivity index (χ1n) is 16.3. The first kappa shape index (κ1) is 43.1. The molecule has 60 heavy (non-hydrogen) atoms. The van der Waals surface area contributed by atoms with Gasteiger partial charge in [-0.1, -0.05) is 24.3 Å². The first-order valence-corrected chi connectivity index (χ1v) is 22.1. The van der Waals surface area contributed by atoms with E-state index in [1.807, 2.05) is 0 Å². The summed E-state index contributed by atoms with van der Waals surface area (Å²) in [7, 11) is -16.8. The monoisotopic (exact) mass is 900 g/mol. The van der Waals surface area contributed by atoms with E-state index in [4.69, 9.17) is 9.47 Å². The van der Waals surface area contributed by atoms with Crippen molar-refractivity contribution in [1.82, 2.24) is 0 Å². The number of fused-ring (bicyclic) bond motifs is 2. The lowest BCUT2D eigenvalue weighted by Crippen LogP contribution is -2.11. The summed E-state index contributed by atoms with van der Waals surface area (Å²) in [6, 6.07) is 18.8. The van der Waals surface area contributed by atoms with Gasteiger partial charge < -0.3 is 19.9 Å². The molecule has 25 heteroatoms. The van der Waals surface area contributed by atoms with Crippen LogP contribution in [0, 0.1) is 0 Å². The number of nitrogens with zero attached hydrogens (tertiary/aromatic N) is 5. The van der Waals surface area contributed by atoms with E-state index in [1.165, 1.54) is 74.9 Å². The third kappa shape index (κ3) is 9.53. The van der Waals surface area contributed by atoms with E-state index in [2.05, 4.69) is 30.8 Å². The van der Waals surface area contributed by atoms with Crippen LogP contribution < -0.4 is 14.8 Å². The second kappa shape index (κ2) is 16.3. The molecule has 6 rings (SSSR count). The smallest absolute Gasteiger partial charge is 0.295 e. The average Bonchev–Trinajstić information content (AvgIpc) is 3.17. The number of aliphatic hydroxyl groups is 1. The molecule has 0 amide bonds. The van der Waals surface area contributed by atoms with Gasteiger partial charge in [-0.2, -0.15) is 59.1 Å². The van der Waals surface area contributed by atoms with Gasteiger partial charge in [-0.25, -0.2) is 0 Å². The molecule has 6 N–H and O–H groups in total. The van der Waals surface area contributed by atoms with Gasteiger partial charge in [0.15, 0.2) is 0 Å². The van der Waals surface area contributed by atoms with Gasteiger partial charge in [-0.05, 0) is 60.7 Å². The predicted molar refractivity (Wildman–Crippen MR) is 215 cm³/mol. The highest BCUT2D eigenvalue weighted by Crippen LogP contribution is 2.38. The number of aliphatic hydroxyl groups excluding tert-OH is 1. The quantitative estimate of drug-likeness (QED) is 0.0300. The van der Waals surface area contributed by atoms with E-state index in [-0.39, 0.29) is 67.2 Å². The highest BCUT2D eigenvalue weighted by molar-refractivity contribution is 7.87. The fraction of sp³-hybridized carbons (Fsp3) is 0.0571. The number of amidine groups is 1. The van der Waals surface area contributed by atoms with E-state index in [9.17, 15) is 57.0 Å². The van der Waals surface area contributed by atoms with Gasteiger partial charge >= 0.3 is 0 Å². The lowest BCUT2D eigenvalue weighted by atomic mass is 10.1. The van der Waals surface area contributed by atoms with Crippen LogP contribution in [0.1, 0.15) is 0 Å². The molecule has 6 aromatic rings. The third-order valence-electron chi connectivity index (χ3n) is 8.30. The molecule has 0 spiro atoms. The van der Waals surface area contributed by atoms with Gasteiger partial charge in [-0.15, -0.1) is 0 Å². The molecule has 0 unspecified atom stereocenters. The largest absolute Gasteiger partial charge is 0.494 e. The summed E-state index contributed by atoms with van der Waals surface area (Å²) in [5.74, 6) is 0.180. The number of aliphatic imine (C=N–C) groups is 1. The SMILES string of the molecule is COc1cc(N=Nc2cc(S(=O)(=O)O)c3cccc(S(=O)(=O)O)c3c2)ccc1N=C(O)Nc1ccc(N=Nc2cc(S(=O)(=O)O)c3cccc(S(=O)(=O)O)c3c2)cc1OC. The minimum atomic E-state index is -4.89. The van der Waals surface area contributed by atoms with Crippen molar-refractivity contribution in [3.8, 4) is 11.5 Å². The molecule has 0 atom stereocenters. The lowest BCUT2D eigenvalue weighted by molar-refractivity contribution is 0.415. The molecule has 312 valence electrons. The number of benzene rings is 6. The van der Waals surface area contributed by atoms with Crippen molar-refractivity contribution in [2.24, 2.45) is 25.4 Å². The van der Waals surface area contributed by atoms with Crippen molar-refractivity contribution in [3.05, 3.63) is 97.1 Å². The fourth-order valence-electron chi connectivity index (χ4n) is 5.77. The van der Waals surface area contributed by atoms with Crippen molar-refractivity contribution >= 4 is 102 Å². The summed E-state index contributed by atoms with van der Waals surface area (Å²) in [6.45, 7) is 0. The van der Waals surface area contributed by atoms with Gasteiger partial charge in [0, 0.05) is 33.7 Å². The number of anilines is 1. The minimum Gasteiger partial charge on any atom is -0.494 e. The fourth-order valence-corrected chi connectivity index (χ4v) is 8.62. The van der Waals surface area contributed by atoms with Gasteiger partial charge in [0.05, 0.1) is 42.7 Å². The molecular formula is C35H28N6O15S4. The van der Waals surface area contributed by atoms with Crippen molar-refractivity contribution in [2.75, 3.05) is 19.5 Å². The number of ether oxygens (including phenoxy) is 2. The summed E-state index contributed by atoms with van der Waals surface area (Å²) < 4.78 is 146. The maximum atomic E-state index is 12.1. The Morgan fingerprint density at radius 1 is 0.483 bits per heavy atom. The molecule has 0 heterocycles. The van der Waals surface area contributed by atoms with E-state index in [0.717, 1.165) is 36.4 Å². The second-order valence-electron chi connectivity index (χ2n) is 12.2. The Morgan fingerprint density at radius 3 is 1.33 bits per heavy atom. The van der Waals surface area contributed by atoms with Crippen molar-refractivity contribution in [3.63, 3.8) is 0 Å². The summed E-state index contributed by atoms with van der Waals surface area (Å²) in [6.07, 6.45) is 0. The van der Waals surface area contributed by atoms with Crippen molar-refractivity contribution in [1.29, 1.82) is 0 Å². The molecule has 0 fully saturated rings. The van der Waals surface area contributed by atoms with Crippen LogP contribution in [0.25, 0.3) is 21.5 Å². The maximum absolute atomic E-state index is 12.1. The zero-order valence-corrected chi connectivity index (χ0v) is 33.7. The van der Waals surface area contributed by atoms with Crippen LogP contribution in [0.2, 0.25) is 0 Å².